The quantitative estimate of drug-likeness (QED) is 0.672. The third kappa shape index (κ3) is 1.95. The van der Waals surface area contributed by atoms with E-state index >= 15 is 0 Å². The largest absolute Gasteiger partial charge is 0.508 e. The fourth-order valence-corrected chi connectivity index (χ4v) is 0.939. The molecule has 3 N–H and O–H groups in total. The van der Waals surface area contributed by atoms with Crippen molar-refractivity contribution in [3.63, 3.8) is 0 Å². The Morgan fingerprint density at radius 2 is 1.91 bits per heavy atom. The van der Waals surface area contributed by atoms with Gasteiger partial charge in [-0.2, -0.15) is 0 Å². The van der Waals surface area contributed by atoms with Crippen molar-refractivity contribution in [1.29, 1.82) is 0 Å². The fourth-order valence-electron chi connectivity index (χ4n) is 0.939. The highest BCUT2D eigenvalue weighted by molar-refractivity contribution is 5.28. The number of aromatic hydroxyl groups is 1. The first kappa shape index (κ1) is 8.08. The smallest absolute Gasteiger partial charge is 0.115 e. The first-order valence-electron chi connectivity index (χ1n) is 3.73. The predicted octanol–water partition coefficient (Wildman–Crippen LogP) is 1.45. The molecule has 0 saturated carbocycles. The number of nitrogens with two attached hydrogens (primary N) is 1. The molecule has 2 nitrogen and oxygen atoms in total. The van der Waals surface area contributed by atoms with Crippen molar-refractivity contribution >= 4 is 0 Å². The van der Waals surface area contributed by atoms with Gasteiger partial charge in [0.1, 0.15) is 5.75 Å². The van der Waals surface area contributed by atoms with Crippen molar-refractivity contribution in [1.82, 2.24) is 0 Å². The summed E-state index contributed by atoms with van der Waals surface area (Å²) in [4.78, 5) is 0. The van der Waals surface area contributed by atoms with Crippen LogP contribution in [0.2, 0.25) is 0 Å². The lowest BCUT2D eigenvalue weighted by atomic mass is 10.0. The summed E-state index contributed by atoms with van der Waals surface area (Å²) in [6.07, 6.45) is 0. The number of hydrogen-bond donors (Lipinski definition) is 2. The molecule has 2 heteroatoms. The Morgan fingerprint density at radius 3 is 2.36 bits per heavy atom. The molecule has 0 aliphatic carbocycles. The van der Waals surface area contributed by atoms with E-state index in [2.05, 4.69) is 6.92 Å². The highest BCUT2D eigenvalue weighted by Gasteiger charge is 2.01. The molecule has 0 bridgehead atoms. The van der Waals surface area contributed by atoms with Gasteiger partial charge in [0.15, 0.2) is 0 Å². The summed E-state index contributed by atoms with van der Waals surface area (Å²) in [5.74, 6) is 0.675. The van der Waals surface area contributed by atoms with Crippen LogP contribution in [-0.2, 0) is 0 Å². The Hall–Kier alpha value is -1.02. The van der Waals surface area contributed by atoms with E-state index in [-0.39, 0.29) is 0 Å². The molecule has 0 fully saturated rings. The van der Waals surface area contributed by atoms with Crippen molar-refractivity contribution in [2.75, 3.05) is 6.54 Å². The highest BCUT2D eigenvalue weighted by atomic mass is 16.3. The molecule has 0 radical (unpaired) electrons. The molecule has 0 heterocycles. The summed E-state index contributed by atoms with van der Waals surface area (Å²) >= 11 is 0. The minimum Gasteiger partial charge on any atom is -0.508 e. The Labute approximate surface area is 66.7 Å². The molecule has 0 amide bonds. The van der Waals surface area contributed by atoms with Crippen LogP contribution < -0.4 is 5.73 Å². The van der Waals surface area contributed by atoms with Crippen LogP contribution in [0.3, 0.4) is 0 Å². The van der Waals surface area contributed by atoms with E-state index in [4.69, 9.17) is 10.8 Å². The van der Waals surface area contributed by atoms with E-state index < -0.39 is 0 Å². The van der Waals surface area contributed by atoms with E-state index in [1.807, 2.05) is 12.1 Å². The van der Waals surface area contributed by atoms with Gasteiger partial charge in [0.05, 0.1) is 0 Å². The molecule has 0 aliphatic heterocycles. The maximum Gasteiger partial charge on any atom is 0.115 e. The van der Waals surface area contributed by atoms with Gasteiger partial charge in [-0.25, -0.2) is 0 Å². The molecule has 1 aromatic carbocycles. The maximum atomic E-state index is 8.98. The van der Waals surface area contributed by atoms with Gasteiger partial charge in [-0.1, -0.05) is 19.1 Å². The molecule has 1 rings (SSSR count). The monoisotopic (exact) mass is 151 g/mol. The summed E-state index contributed by atoms with van der Waals surface area (Å²) in [6.45, 7) is 2.71. The van der Waals surface area contributed by atoms with E-state index in [0.29, 0.717) is 18.2 Å². The summed E-state index contributed by atoms with van der Waals surface area (Å²) in [7, 11) is 0. The van der Waals surface area contributed by atoms with Crippen LogP contribution in [0.25, 0.3) is 0 Å². The highest BCUT2D eigenvalue weighted by Crippen LogP contribution is 2.16. The third-order valence-electron chi connectivity index (χ3n) is 1.82. The van der Waals surface area contributed by atoms with Gasteiger partial charge in [0.2, 0.25) is 0 Å². The van der Waals surface area contributed by atoms with Crippen LogP contribution in [-0.4, -0.2) is 11.7 Å². The minimum absolute atomic E-state index is 0.304. The summed E-state index contributed by atoms with van der Waals surface area (Å²) < 4.78 is 0. The number of phenols is 1. The van der Waals surface area contributed by atoms with Crippen molar-refractivity contribution in [2.24, 2.45) is 5.73 Å². The summed E-state index contributed by atoms with van der Waals surface area (Å²) in [5.41, 5.74) is 6.65. The van der Waals surface area contributed by atoms with Crippen LogP contribution in [0.4, 0.5) is 0 Å². The van der Waals surface area contributed by atoms with Crippen molar-refractivity contribution in [2.45, 2.75) is 12.8 Å². The molecule has 0 unspecified atom stereocenters. The van der Waals surface area contributed by atoms with Gasteiger partial charge in [0.25, 0.3) is 0 Å². The Morgan fingerprint density at radius 1 is 1.36 bits per heavy atom. The normalized spacial score (nSPS) is 12.9. The predicted molar refractivity (Wildman–Crippen MR) is 45.6 cm³/mol. The van der Waals surface area contributed by atoms with Gasteiger partial charge in [-0.05, 0) is 30.2 Å². The van der Waals surface area contributed by atoms with Gasteiger partial charge in [-0.15, -0.1) is 0 Å². The Balaban J connectivity index is 2.81. The lowest BCUT2D eigenvalue weighted by molar-refractivity contribution is 0.475. The Kier molecular flexibility index (Phi) is 2.49. The summed E-state index contributed by atoms with van der Waals surface area (Å²) in [6, 6.07) is 7.16. The van der Waals surface area contributed by atoms with Crippen molar-refractivity contribution in [3.05, 3.63) is 29.8 Å². The fraction of sp³-hybridized carbons (Fsp3) is 0.333. The second kappa shape index (κ2) is 3.39. The minimum atomic E-state index is 0.304. The van der Waals surface area contributed by atoms with Gasteiger partial charge in [0, 0.05) is 0 Å². The molecule has 0 spiro atoms. The molecule has 1 aromatic rings. The molecule has 0 aliphatic rings. The zero-order chi connectivity index (χ0) is 8.27. The molecule has 0 saturated heterocycles. The standard InChI is InChI=1S/C9H13NO/c1-7(6-10)8-2-4-9(11)5-3-8/h2-5,7,11H,6,10H2,1H3/t7-/m1/s1. The maximum absolute atomic E-state index is 8.98. The van der Waals surface area contributed by atoms with Gasteiger partial charge in [-0.3, -0.25) is 0 Å². The van der Waals surface area contributed by atoms with Crippen molar-refractivity contribution in [3.8, 4) is 5.75 Å². The molecule has 0 aromatic heterocycles. The van der Waals surface area contributed by atoms with E-state index in [1.54, 1.807) is 12.1 Å². The third-order valence-corrected chi connectivity index (χ3v) is 1.82. The van der Waals surface area contributed by atoms with E-state index in [9.17, 15) is 0 Å². The Bertz CT molecular complexity index is 218. The van der Waals surface area contributed by atoms with Gasteiger partial charge >= 0.3 is 0 Å². The number of phenolic OH excluding ortho intramolecular Hbond substituents is 1. The van der Waals surface area contributed by atoms with Crippen LogP contribution in [0.5, 0.6) is 5.75 Å². The average molecular weight is 151 g/mol. The molecule has 11 heavy (non-hydrogen) atoms. The zero-order valence-corrected chi connectivity index (χ0v) is 6.62. The second-order valence-electron chi connectivity index (χ2n) is 2.73. The molecule has 60 valence electrons. The van der Waals surface area contributed by atoms with Crippen molar-refractivity contribution < 1.29 is 5.11 Å². The number of benzene rings is 1. The number of hydrogen-bond acceptors (Lipinski definition) is 2. The second-order valence-corrected chi connectivity index (χ2v) is 2.73. The molecule has 1 atom stereocenters. The average Bonchev–Trinajstić information content (AvgIpc) is 2.05. The van der Waals surface area contributed by atoms with Crippen LogP contribution in [0.1, 0.15) is 18.4 Å². The topological polar surface area (TPSA) is 46.2 Å². The van der Waals surface area contributed by atoms with E-state index in [0.717, 1.165) is 0 Å². The molecular weight excluding hydrogens is 138 g/mol. The zero-order valence-electron chi connectivity index (χ0n) is 6.62. The number of rotatable bonds is 2. The first-order valence-corrected chi connectivity index (χ1v) is 3.73. The lowest BCUT2D eigenvalue weighted by Gasteiger charge is -2.07. The SMILES string of the molecule is C[C@H](CN)c1ccc(O)cc1. The van der Waals surface area contributed by atoms with Gasteiger partial charge < -0.3 is 10.8 Å². The van der Waals surface area contributed by atoms with Crippen LogP contribution in [0, 0.1) is 0 Å². The van der Waals surface area contributed by atoms with Crippen LogP contribution >= 0.6 is 0 Å². The van der Waals surface area contributed by atoms with E-state index in [1.165, 1.54) is 5.56 Å². The molecular formula is C9H13NO. The summed E-state index contributed by atoms with van der Waals surface area (Å²) in [5, 5.41) is 8.98. The first-order chi connectivity index (χ1) is 5.24. The lowest BCUT2D eigenvalue weighted by Crippen LogP contribution is -2.08. The van der Waals surface area contributed by atoms with Crippen LogP contribution in [0.15, 0.2) is 24.3 Å².